The predicted molar refractivity (Wildman–Crippen MR) is 139 cm³/mol. The van der Waals surface area contributed by atoms with Crippen LogP contribution in [0.4, 0.5) is 5.69 Å². The van der Waals surface area contributed by atoms with Crippen LogP contribution in [0.25, 0.3) is 21.4 Å². The van der Waals surface area contributed by atoms with Crippen LogP contribution >= 0.6 is 11.3 Å². The largest absolute Gasteiger partial charge is 0.422 e. The van der Waals surface area contributed by atoms with Crippen LogP contribution in [-0.4, -0.2) is 48.9 Å². The van der Waals surface area contributed by atoms with Crippen molar-refractivity contribution in [1.29, 1.82) is 0 Å². The lowest BCUT2D eigenvalue weighted by molar-refractivity contribution is -0.197. The molecule has 0 unspecified atom stereocenters. The van der Waals surface area contributed by atoms with Crippen LogP contribution in [0.3, 0.4) is 0 Å². The lowest BCUT2D eigenvalue weighted by atomic mass is 10.1. The number of thiophene rings is 1. The van der Waals surface area contributed by atoms with E-state index in [2.05, 4.69) is 4.90 Å². The second-order valence-electron chi connectivity index (χ2n) is 8.70. The number of fused-ring (bicyclic) bond motifs is 1. The fourth-order valence-corrected chi connectivity index (χ4v) is 5.77. The van der Waals surface area contributed by atoms with E-state index in [1.54, 1.807) is 12.1 Å². The van der Waals surface area contributed by atoms with Crippen molar-refractivity contribution in [2.24, 2.45) is 0 Å². The highest BCUT2D eigenvalue weighted by molar-refractivity contribution is 7.88. The van der Waals surface area contributed by atoms with Gasteiger partial charge in [0.05, 0.1) is 5.56 Å². The summed E-state index contributed by atoms with van der Waals surface area (Å²) in [7, 11) is -4.36. The fraction of sp³-hybridized carbons (Fsp3) is 0.360. The Morgan fingerprint density at radius 2 is 1.82 bits per heavy atom. The number of rotatable bonds is 11. The molecule has 2 aromatic heterocycles. The van der Waals surface area contributed by atoms with Crippen LogP contribution in [0, 0.1) is 0 Å². The van der Waals surface area contributed by atoms with Crippen LogP contribution in [0.1, 0.15) is 45.4 Å². The van der Waals surface area contributed by atoms with Gasteiger partial charge < -0.3 is 14.2 Å². The summed E-state index contributed by atoms with van der Waals surface area (Å²) in [5.74, 6) is -1.61. The van der Waals surface area contributed by atoms with E-state index in [0.717, 1.165) is 29.9 Å². The Kier molecular flexibility index (Phi) is 8.29. The van der Waals surface area contributed by atoms with Crippen molar-refractivity contribution in [3.63, 3.8) is 0 Å². The van der Waals surface area contributed by atoms with Gasteiger partial charge in [-0.2, -0.15) is 8.42 Å². The second kappa shape index (κ2) is 11.5. The fourth-order valence-electron chi connectivity index (χ4n) is 4.10. The van der Waals surface area contributed by atoms with Crippen LogP contribution in [0.2, 0.25) is 0 Å². The molecule has 2 amide bonds. The normalized spacial score (nSPS) is 13.9. The Bertz CT molecular complexity index is 1530. The first-order chi connectivity index (χ1) is 18.1. The van der Waals surface area contributed by atoms with Gasteiger partial charge in [0, 0.05) is 54.4 Å². The van der Waals surface area contributed by atoms with E-state index >= 15 is 0 Å². The molecule has 11 nitrogen and oxygen atoms in total. The molecule has 1 aromatic carbocycles. The van der Waals surface area contributed by atoms with Gasteiger partial charge in [-0.05, 0) is 50.1 Å². The summed E-state index contributed by atoms with van der Waals surface area (Å²) in [4.78, 5) is 54.9. The maximum atomic E-state index is 12.6. The molecule has 1 saturated heterocycles. The number of carbonyl (C=O) groups is 3. The summed E-state index contributed by atoms with van der Waals surface area (Å²) in [5, 5.41) is 1.22. The van der Waals surface area contributed by atoms with Crippen molar-refractivity contribution in [1.82, 2.24) is 5.06 Å². The molecule has 0 radical (unpaired) electrons. The molecular weight excluding hydrogens is 536 g/mol. The number of benzene rings is 1. The molecule has 0 spiro atoms. The number of nitrogens with zero attached hydrogens (tertiary/aromatic N) is 2. The smallest absolute Gasteiger partial charge is 0.345 e. The molecule has 0 bridgehead atoms. The highest BCUT2D eigenvalue weighted by Crippen LogP contribution is 2.31. The zero-order valence-corrected chi connectivity index (χ0v) is 22.2. The van der Waals surface area contributed by atoms with Gasteiger partial charge >= 0.3 is 21.7 Å². The van der Waals surface area contributed by atoms with Gasteiger partial charge in [0.1, 0.15) is 9.79 Å². The Hall–Kier alpha value is -3.55. The van der Waals surface area contributed by atoms with Crippen LogP contribution in [0.15, 0.2) is 49.8 Å². The van der Waals surface area contributed by atoms with E-state index in [0.29, 0.717) is 40.4 Å². The standard InChI is InChI=1S/C25H26N2O9S2/c1-2-26(13-5-3-4-6-23(30)36-27-21(28)10-11-22(27)29)17-8-7-16-14-18(25(31)35-19(16)15-17)20-9-12-24(37-20)38(32,33)34/h7-9,12,14-15H,2-6,10-11,13H2,1H3,(H,32,33,34). The van der Waals surface area contributed by atoms with Gasteiger partial charge in [0.2, 0.25) is 0 Å². The Morgan fingerprint density at radius 1 is 1.08 bits per heavy atom. The van der Waals surface area contributed by atoms with E-state index in [1.165, 1.54) is 12.1 Å². The number of unbranched alkanes of at least 4 members (excludes halogenated alkanes) is 2. The summed E-state index contributed by atoms with van der Waals surface area (Å²) in [6, 6.07) is 9.79. The number of hydrogen-bond acceptors (Lipinski definition) is 10. The third-order valence-electron chi connectivity index (χ3n) is 6.08. The monoisotopic (exact) mass is 562 g/mol. The molecule has 13 heteroatoms. The van der Waals surface area contributed by atoms with E-state index in [1.807, 2.05) is 19.1 Å². The molecule has 0 saturated carbocycles. The van der Waals surface area contributed by atoms with Crippen LogP contribution in [0.5, 0.6) is 0 Å². The zero-order chi connectivity index (χ0) is 27.4. The number of anilines is 1. The molecule has 1 fully saturated rings. The molecule has 0 atom stereocenters. The third kappa shape index (κ3) is 6.29. The molecule has 38 heavy (non-hydrogen) atoms. The number of imide groups is 1. The minimum absolute atomic E-state index is 0.0604. The van der Waals surface area contributed by atoms with Gasteiger partial charge in [-0.25, -0.2) is 9.59 Å². The average molecular weight is 563 g/mol. The summed E-state index contributed by atoms with van der Waals surface area (Å²) in [6.07, 6.45) is 2.27. The van der Waals surface area contributed by atoms with Crippen molar-refractivity contribution in [2.75, 3.05) is 18.0 Å². The SMILES string of the molecule is CCN(CCCCCC(=O)ON1C(=O)CCC1=O)c1ccc2cc(-c3ccc(S(=O)(=O)O)s3)c(=O)oc2c1. The van der Waals surface area contributed by atoms with Crippen molar-refractivity contribution in [3.8, 4) is 10.4 Å². The van der Waals surface area contributed by atoms with Gasteiger partial charge in [-0.1, -0.05) is 6.42 Å². The first kappa shape index (κ1) is 27.5. The molecule has 4 rings (SSSR count). The van der Waals surface area contributed by atoms with Gasteiger partial charge in [0.15, 0.2) is 0 Å². The van der Waals surface area contributed by atoms with E-state index in [9.17, 15) is 32.1 Å². The maximum Gasteiger partial charge on any atom is 0.345 e. The Morgan fingerprint density at radius 3 is 2.47 bits per heavy atom. The summed E-state index contributed by atoms with van der Waals surface area (Å²) in [6.45, 7) is 3.38. The number of amides is 2. The number of carbonyl (C=O) groups excluding carboxylic acids is 3. The number of hydrogen-bond donors (Lipinski definition) is 1. The molecular formula is C25H26N2O9S2. The van der Waals surface area contributed by atoms with Gasteiger partial charge in [-0.3, -0.25) is 14.1 Å². The van der Waals surface area contributed by atoms with Crippen LogP contribution in [-0.2, 0) is 29.3 Å². The summed E-state index contributed by atoms with van der Waals surface area (Å²) < 4.78 is 37.2. The highest BCUT2D eigenvalue weighted by Gasteiger charge is 2.32. The topological polar surface area (TPSA) is 152 Å². The summed E-state index contributed by atoms with van der Waals surface area (Å²) >= 11 is 0.783. The first-order valence-electron chi connectivity index (χ1n) is 12.0. The van der Waals surface area contributed by atoms with E-state index in [4.69, 9.17) is 9.25 Å². The Labute approximate surface area is 222 Å². The molecule has 1 aliphatic heterocycles. The average Bonchev–Trinajstić information content (AvgIpc) is 3.49. The molecule has 3 heterocycles. The zero-order valence-electron chi connectivity index (χ0n) is 20.5. The lowest BCUT2D eigenvalue weighted by Crippen LogP contribution is -2.31. The lowest BCUT2D eigenvalue weighted by Gasteiger charge is -2.23. The first-order valence-corrected chi connectivity index (χ1v) is 14.3. The molecule has 1 aliphatic rings. The Balaban J connectivity index is 1.35. The van der Waals surface area contributed by atoms with Crippen molar-refractivity contribution >= 4 is 55.9 Å². The van der Waals surface area contributed by atoms with Crippen molar-refractivity contribution in [2.45, 2.75) is 49.7 Å². The number of hydroxylamine groups is 2. The quantitative estimate of drug-likeness (QED) is 0.158. The van der Waals surface area contributed by atoms with E-state index < -0.39 is 33.5 Å². The van der Waals surface area contributed by atoms with Crippen molar-refractivity contribution in [3.05, 3.63) is 46.8 Å². The minimum atomic E-state index is -4.36. The minimum Gasteiger partial charge on any atom is -0.422 e. The third-order valence-corrected chi connectivity index (χ3v) is 8.51. The van der Waals surface area contributed by atoms with E-state index in [-0.39, 0.29) is 29.0 Å². The van der Waals surface area contributed by atoms with Crippen molar-refractivity contribution < 1.29 is 36.6 Å². The van der Waals surface area contributed by atoms with Gasteiger partial charge in [-0.15, -0.1) is 16.4 Å². The summed E-state index contributed by atoms with van der Waals surface area (Å²) in [5.41, 5.74) is 0.821. The second-order valence-corrected chi connectivity index (χ2v) is 11.4. The molecule has 1 N–H and O–H groups in total. The predicted octanol–water partition coefficient (Wildman–Crippen LogP) is 3.76. The maximum absolute atomic E-state index is 12.6. The van der Waals surface area contributed by atoms with Crippen LogP contribution < -0.4 is 10.5 Å². The molecule has 202 valence electrons. The molecule has 3 aromatic rings. The highest BCUT2D eigenvalue weighted by atomic mass is 32.3. The van der Waals surface area contributed by atoms with Gasteiger partial charge in [0.25, 0.3) is 11.8 Å². The molecule has 0 aliphatic carbocycles.